The van der Waals surface area contributed by atoms with E-state index >= 15 is 0 Å². The van der Waals surface area contributed by atoms with E-state index in [4.69, 9.17) is 16.7 Å². The molecule has 2 heterocycles. The Balaban J connectivity index is 1.95. The van der Waals surface area contributed by atoms with E-state index in [1.54, 1.807) is 0 Å². The van der Waals surface area contributed by atoms with Crippen LogP contribution in [0, 0.1) is 34.6 Å². The van der Waals surface area contributed by atoms with E-state index in [-0.39, 0.29) is 23.0 Å². The minimum Gasteiger partial charge on any atom is -0.397 e. The smallest absolute Gasteiger partial charge is 0.211 e. The van der Waals surface area contributed by atoms with Gasteiger partial charge in [0.1, 0.15) is 29.3 Å². The molecule has 1 unspecified atom stereocenters. The van der Waals surface area contributed by atoms with Gasteiger partial charge in [-0.3, -0.25) is 10.2 Å². The van der Waals surface area contributed by atoms with Crippen molar-refractivity contribution in [3.8, 4) is 12.3 Å². The van der Waals surface area contributed by atoms with Gasteiger partial charge in [0.25, 0.3) is 0 Å². The van der Waals surface area contributed by atoms with Crippen molar-refractivity contribution in [2.45, 2.75) is 40.3 Å². The molecule has 3 rings (SSSR count). The van der Waals surface area contributed by atoms with Gasteiger partial charge >= 0.3 is 0 Å². The lowest BCUT2D eigenvalue weighted by Gasteiger charge is -2.27. The second-order valence-electron chi connectivity index (χ2n) is 9.13. The molecule has 1 aliphatic rings. The van der Waals surface area contributed by atoms with Crippen molar-refractivity contribution in [1.82, 2.24) is 15.2 Å². The minimum absolute atomic E-state index is 0.0314. The van der Waals surface area contributed by atoms with Crippen LogP contribution in [0.25, 0.3) is 0 Å². The summed E-state index contributed by atoms with van der Waals surface area (Å²) in [5, 5.41) is 24.0. The lowest BCUT2D eigenvalue weighted by molar-refractivity contribution is 0.211. The summed E-state index contributed by atoms with van der Waals surface area (Å²) < 4.78 is 0. The number of guanidine groups is 1. The van der Waals surface area contributed by atoms with Crippen LogP contribution >= 0.6 is 0 Å². The van der Waals surface area contributed by atoms with Crippen LogP contribution in [-0.2, 0) is 6.54 Å². The summed E-state index contributed by atoms with van der Waals surface area (Å²) in [6.07, 6.45) is 1.86. The van der Waals surface area contributed by atoms with Gasteiger partial charge < -0.3 is 16.8 Å². The molecule has 172 valence electrons. The summed E-state index contributed by atoms with van der Waals surface area (Å²) in [6, 6.07) is 9.68. The lowest BCUT2D eigenvalue weighted by atomic mass is 9.94. The van der Waals surface area contributed by atoms with E-state index in [9.17, 15) is 5.26 Å². The standard InChI is InChI=1S/C24H31N9/c1-14(2)10-33(11-15(3)4)12-16-5-7-17(8-6-16)21-19-20(27)18(9-25)22(28)31-23(19)32-24(30-21)29-13-26/h5-8,14-15,21H,10-12H2,1-4H3,(H6,27,28,29,30,31,32). The average Bonchev–Trinajstić information content (AvgIpc) is 2.73. The molecular formula is C24H31N9. The Kier molecular flexibility index (Phi) is 7.37. The number of fused-ring (bicyclic) bond motifs is 1. The Morgan fingerprint density at radius 3 is 2.27 bits per heavy atom. The highest BCUT2D eigenvalue weighted by Crippen LogP contribution is 2.40. The topological polar surface area (TPSA) is 152 Å². The number of aromatic nitrogens is 1. The molecule has 6 N–H and O–H groups in total. The van der Waals surface area contributed by atoms with Crippen LogP contribution in [0.5, 0.6) is 0 Å². The number of hydrogen-bond donors (Lipinski definition) is 4. The number of pyridine rings is 1. The number of nitrogens with zero attached hydrogens (tertiary/aromatic N) is 5. The summed E-state index contributed by atoms with van der Waals surface area (Å²) in [7, 11) is 0. The van der Waals surface area contributed by atoms with Gasteiger partial charge in [0.15, 0.2) is 6.19 Å². The van der Waals surface area contributed by atoms with Gasteiger partial charge in [0.05, 0.1) is 5.69 Å². The first kappa shape index (κ1) is 23.8. The van der Waals surface area contributed by atoms with Gasteiger partial charge in [0, 0.05) is 25.2 Å². The van der Waals surface area contributed by atoms with Gasteiger partial charge in [-0.05, 0) is 23.0 Å². The van der Waals surface area contributed by atoms with Crippen LogP contribution in [0.2, 0.25) is 0 Å². The van der Waals surface area contributed by atoms with Gasteiger partial charge in [0.2, 0.25) is 5.96 Å². The van der Waals surface area contributed by atoms with Crippen LogP contribution in [0.1, 0.15) is 56.0 Å². The molecule has 0 bridgehead atoms. The van der Waals surface area contributed by atoms with Crippen molar-refractivity contribution in [2.75, 3.05) is 29.9 Å². The highest BCUT2D eigenvalue weighted by atomic mass is 15.2. The maximum atomic E-state index is 9.47. The molecule has 0 radical (unpaired) electrons. The Bertz CT molecular complexity index is 1090. The first-order valence-corrected chi connectivity index (χ1v) is 11.0. The number of rotatable bonds is 7. The van der Waals surface area contributed by atoms with Crippen LogP contribution in [0.4, 0.5) is 17.3 Å². The zero-order valence-electron chi connectivity index (χ0n) is 19.6. The zero-order valence-corrected chi connectivity index (χ0v) is 19.6. The number of anilines is 3. The van der Waals surface area contributed by atoms with Crippen LogP contribution in [0.3, 0.4) is 0 Å². The number of nitrogen functional groups attached to an aromatic ring is 2. The zero-order chi connectivity index (χ0) is 24.1. The molecule has 9 heteroatoms. The van der Waals surface area contributed by atoms with Gasteiger partial charge in [-0.1, -0.05) is 52.0 Å². The second kappa shape index (κ2) is 10.2. The number of hydrogen-bond acceptors (Lipinski definition) is 9. The number of nitrogens with two attached hydrogens (primary N) is 2. The molecule has 0 saturated carbocycles. The molecule has 0 amide bonds. The SMILES string of the molecule is CC(C)CN(Cc1ccc(C2N=C(NC#N)Nc3nc(N)c(C#N)c(N)c32)cc1)CC(C)C. The monoisotopic (exact) mass is 445 g/mol. The molecule has 1 aromatic carbocycles. The van der Waals surface area contributed by atoms with Crippen molar-refractivity contribution in [3.63, 3.8) is 0 Å². The van der Waals surface area contributed by atoms with Crippen molar-refractivity contribution < 1.29 is 0 Å². The van der Waals surface area contributed by atoms with Crippen molar-refractivity contribution in [2.24, 2.45) is 16.8 Å². The van der Waals surface area contributed by atoms with Crippen LogP contribution in [-0.4, -0.2) is 28.9 Å². The number of nitriles is 2. The molecule has 0 saturated heterocycles. The van der Waals surface area contributed by atoms with Crippen molar-refractivity contribution in [1.29, 1.82) is 10.5 Å². The van der Waals surface area contributed by atoms with Crippen LogP contribution in [0.15, 0.2) is 29.3 Å². The predicted octanol–water partition coefficient (Wildman–Crippen LogP) is 3.17. The first-order chi connectivity index (χ1) is 15.7. The van der Waals surface area contributed by atoms with E-state index in [1.165, 1.54) is 5.56 Å². The van der Waals surface area contributed by atoms with Gasteiger partial charge in [-0.2, -0.15) is 10.5 Å². The van der Waals surface area contributed by atoms with E-state index in [0.29, 0.717) is 23.2 Å². The Hall–Kier alpha value is -3.82. The maximum absolute atomic E-state index is 9.47. The number of benzene rings is 1. The quantitative estimate of drug-likeness (QED) is 0.374. The molecule has 33 heavy (non-hydrogen) atoms. The molecule has 1 aliphatic heterocycles. The third-order valence-corrected chi connectivity index (χ3v) is 5.31. The molecule has 9 nitrogen and oxygen atoms in total. The number of nitrogens with one attached hydrogen (secondary N) is 2. The summed E-state index contributed by atoms with van der Waals surface area (Å²) in [6.45, 7) is 11.9. The summed E-state index contributed by atoms with van der Waals surface area (Å²) in [5.74, 6) is 1.84. The molecule has 2 aromatic rings. The van der Waals surface area contributed by atoms with Crippen molar-refractivity contribution >= 4 is 23.3 Å². The third-order valence-electron chi connectivity index (χ3n) is 5.31. The predicted molar refractivity (Wildman–Crippen MR) is 131 cm³/mol. The largest absolute Gasteiger partial charge is 0.397 e. The molecule has 0 fully saturated rings. The van der Waals surface area contributed by atoms with E-state index < -0.39 is 6.04 Å². The third kappa shape index (κ3) is 5.51. The highest BCUT2D eigenvalue weighted by Gasteiger charge is 2.29. The average molecular weight is 446 g/mol. The van der Waals surface area contributed by atoms with Gasteiger partial charge in [-0.25, -0.2) is 9.98 Å². The van der Waals surface area contributed by atoms with E-state index in [0.717, 1.165) is 25.2 Å². The fourth-order valence-corrected chi connectivity index (χ4v) is 4.12. The van der Waals surface area contributed by atoms with E-state index in [1.807, 2.05) is 24.4 Å². The Morgan fingerprint density at radius 1 is 1.09 bits per heavy atom. The normalized spacial score (nSPS) is 14.9. The van der Waals surface area contributed by atoms with Gasteiger partial charge in [-0.15, -0.1) is 0 Å². The highest BCUT2D eigenvalue weighted by molar-refractivity contribution is 5.98. The molecule has 0 spiro atoms. The fraction of sp³-hybridized carbons (Fsp3) is 0.417. The number of aliphatic imine (C=N–C) groups is 1. The molecule has 1 aromatic heterocycles. The Labute approximate surface area is 195 Å². The second-order valence-corrected chi connectivity index (χ2v) is 9.13. The summed E-state index contributed by atoms with van der Waals surface area (Å²) in [4.78, 5) is 11.4. The minimum atomic E-state index is -0.534. The molecule has 0 aliphatic carbocycles. The summed E-state index contributed by atoms with van der Waals surface area (Å²) in [5.41, 5.74) is 15.2. The van der Waals surface area contributed by atoms with Crippen molar-refractivity contribution in [3.05, 3.63) is 46.5 Å². The summed E-state index contributed by atoms with van der Waals surface area (Å²) >= 11 is 0. The van der Waals surface area contributed by atoms with E-state index in [2.05, 4.69) is 65.3 Å². The lowest BCUT2D eigenvalue weighted by Crippen LogP contribution is -2.32. The Morgan fingerprint density at radius 2 is 1.73 bits per heavy atom. The van der Waals surface area contributed by atoms with Crippen LogP contribution < -0.4 is 22.1 Å². The maximum Gasteiger partial charge on any atom is 0.211 e. The molecule has 1 atom stereocenters. The molecular weight excluding hydrogens is 414 g/mol. The first-order valence-electron chi connectivity index (χ1n) is 11.0. The fourth-order valence-electron chi connectivity index (χ4n) is 4.12.